The Bertz CT molecular complexity index is 1100. The smallest absolute Gasteiger partial charge is 0.256 e. The predicted octanol–water partition coefficient (Wildman–Crippen LogP) is 3.12. The van der Waals surface area contributed by atoms with Gasteiger partial charge in [-0.3, -0.25) is 4.79 Å². The molecular formula is C18H13N3O2S. The summed E-state index contributed by atoms with van der Waals surface area (Å²) in [5, 5.41) is 12.3. The average molecular weight is 335 g/mol. The molecule has 1 aliphatic heterocycles. The molecule has 0 radical (unpaired) electrons. The number of nitrogens with one attached hydrogen (secondary N) is 1. The number of aromatic amines is 1. The largest absolute Gasteiger partial charge is 0.439 e. The summed E-state index contributed by atoms with van der Waals surface area (Å²) in [5.41, 5.74) is 8.16. The van der Waals surface area contributed by atoms with Crippen LogP contribution in [0.5, 0.6) is 5.75 Å². The van der Waals surface area contributed by atoms with Gasteiger partial charge in [-0.15, -0.1) is 11.3 Å². The van der Waals surface area contributed by atoms with Gasteiger partial charge in [0.1, 0.15) is 17.4 Å². The molecule has 118 valence electrons. The van der Waals surface area contributed by atoms with Gasteiger partial charge in [0, 0.05) is 10.3 Å². The monoisotopic (exact) mass is 335 g/mol. The number of benzene rings is 1. The van der Waals surface area contributed by atoms with Crippen molar-refractivity contribution in [3.63, 3.8) is 0 Å². The predicted molar refractivity (Wildman–Crippen MR) is 92.9 cm³/mol. The number of nitriles is 1. The third-order valence-electron chi connectivity index (χ3n) is 4.25. The van der Waals surface area contributed by atoms with E-state index in [0.29, 0.717) is 16.8 Å². The van der Waals surface area contributed by atoms with Crippen LogP contribution >= 0.6 is 11.3 Å². The molecule has 6 heteroatoms. The van der Waals surface area contributed by atoms with E-state index in [1.807, 2.05) is 42.6 Å². The molecule has 0 saturated heterocycles. The number of aromatic nitrogens is 1. The second-order valence-electron chi connectivity index (χ2n) is 5.64. The summed E-state index contributed by atoms with van der Waals surface area (Å²) in [7, 11) is 0. The maximum absolute atomic E-state index is 12.8. The Morgan fingerprint density at radius 1 is 1.33 bits per heavy atom. The fourth-order valence-corrected chi connectivity index (χ4v) is 4.16. The highest BCUT2D eigenvalue weighted by Crippen LogP contribution is 2.45. The molecule has 3 aromatic rings. The van der Waals surface area contributed by atoms with Crippen molar-refractivity contribution < 1.29 is 4.74 Å². The van der Waals surface area contributed by atoms with E-state index >= 15 is 0 Å². The summed E-state index contributed by atoms with van der Waals surface area (Å²) in [6, 6.07) is 11.5. The highest BCUT2D eigenvalue weighted by Gasteiger charge is 2.35. The second-order valence-corrected chi connectivity index (χ2v) is 6.58. The Labute approximate surface area is 141 Å². The molecule has 3 N–H and O–H groups in total. The van der Waals surface area contributed by atoms with Crippen LogP contribution in [0.2, 0.25) is 0 Å². The lowest BCUT2D eigenvalue weighted by Crippen LogP contribution is -2.27. The number of allylic oxidation sites excluding steroid dienone is 1. The third kappa shape index (κ3) is 1.95. The van der Waals surface area contributed by atoms with Gasteiger partial charge in [0.2, 0.25) is 5.88 Å². The van der Waals surface area contributed by atoms with Gasteiger partial charge in [0.15, 0.2) is 0 Å². The number of fused-ring (bicyclic) bond motifs is 3. The highest BCUT2D eigenvalue weighted by molar-refractivity contribution is 7.10. The molecule has 0 amide bonds. The molecule has 1 atom stereocenters. The van der Waals surface area contributed by atoms with E-state index < -0.39 is 5.92 Å². The maximum atomic E-state index is 12.8. The Morgan fingerprint density at radius 3 is 2.83 bits per heavy atom. The van der Waals surface area contributed by atoms with E-state index in [9.17, 15) is 10.1 Å². The molecule has 0 fully saturated rings. The topological polar surface area (TPSA) is 91.9 Å². The Hall–Kier alpha value is -3.04. The Balaban J connectivity index is 2.12. The van der Waals surface area contributed by atoms with Gasteiger partial charge >= 0.3 is 0 Å². The number of hydrogen-bond acceptors (Lipinski definition) is 5. The van der Waals surface area contributed by atoms with Crippen molar-refractivity contribution >= 4 is 22.2 Å². The first-order chi connectivity index (χ1) is 11.6. The van der Waals surface area contributed by atoms with E-state index in [1.165, 1.54) is 11.3 Å². The number of H-pyrrole nitrogens is 1. The van der Waals surface area contributed by atoms with Gasteiger partial charge in [0.25, 0.3) is 5.56 Å². The zero-order chi connectivity index (χ0) is 16.8. The number of para-hydroxylation sites is 1. The van der Waals surface area contributed by atoms with Crippen molar-refractivity contribution in [1.82, 2.24) is 4.98 Å². The molecule has 2 aromatic heterocycles. The lowest BCUT2D eigenvalue weighted by Gasteiger charge is -2.26. The molecule has 0 bridgehead atoms. The van der Waals surface area contributed by atoms with Crippen molar-refractivity contribution in [3.05, 3.63) is 73.5 Å². The molecule has 0 aliphatic carbocycles. The first kappa shape index (κ1) is 14.5. The van der Waals surface area contributed by atoms with E-state index in [2.05, 4.69) is 11.1 Å². The van der Waals surface area contributed by atoms with E-state index in [4.69, 9.17) is 10.5 Å². The molecule has 0 unspecified atom stereocenters. The van der Waals surface area contributed by atoms with Crippen LogP contribution in [0.1, 0.15) is 21.9 Å². The molecular weight excluding hydrogens is 322 g/mol. The summed E-state index contributed by atoms with van der Waals surface area (Å²) in [6.07, 6.45) is 0. The number of aryl methyl sites for hydroxylation is 1. The summed E-state index contributed by atoms with van der Waals surface area (Å²) < 4.78 is 5.72. The SMILES string of the molecule is Cc1ccsc1[C@H]1C(C#N)=C(N)Oc2c1c(=O)[nH]c1ccccc21. The first-order valence-electron chi connectivity index (χ1n) is 7.38. The fraction of sp³-hybridized carbons (Fsp3) is 0.111. The van der Waals surface area contributed by atoms with Crippen molar-refractivity contribution in [1.29, 1.82) is 5.26 Å². The standard InChI is InChI=1S/C18H13N3O2S/c1-9-6-7-24-16(9)13-11(8-19)17(20)23-15-10-4-2-3-5-12(10)21-18(22)14(13)15/h2-7,13H,20H2,1H3,(H,21,22)/t13-/m0/s1. The molecule has 1 aromatic carbocycles. The van der Waals surface area contributed by atoms with Gasteiger partial charge < -0.3 is 15.5 Å². The second kappa shape index (κ2) is 5.25. The summed E-state index contributed by atoms with van der Waals surface area (Å²) >= 11 is 1.51. The number of hydrogen-bond donors (Lipinski definition) is 2. The van der Waals surface area contributed by atoms with Gasteiger partial charge in [-0.25, -0.2) is 0 Å². The Morgan fingerprint density at radius 2 is 2.12 bits per heavy atom. The molecule has 24 heavy (non-hydrogen) atoms. The lowest BCUT2D eigenvalue weighted by molar-refractivity contribution is 0.397. The first-order valence-corrected chi connectivity index (χ1v) is 8.26. The Kier molecular flexibility index (Phi) is 3.18. The van der Waals surface area contributed by atoms with Crippen LogP contribution in [0.3, 0.4) is 0 Å². The van der Waals surface area contributed by atoms with Gasteiger partial charge in [-0.1, -0.05) is 12.1 Å². The number of pyridine rings is 1. The molecule has 3 heterocycles. The average Bonchev–Trinajstić information content (AvgIpc) is 2.99. The lowest BCUT2D eigenvalue weighted by atomic mass is 9.86. The minimum Gasteiger partial charge on any atom is -0.439 e. The minimum absolute atomic E-state index is 0.0542. The molecule has 5 nitrogen and oxygen atoms in total. The summed E-state index contributed by atoms with van der Waals surface area (Å²) in [6.45, 7) is 1.96. The number of nitrogens with two attached hydrogens (primary N) is 1. The zero-order valence-corrected chi connectivity index (χ0v) is 13.6. The number of rotatable bonds is 1. The van der Waals surface area contributed by atoms with Gasteiger partial charge in [-0.05, 0) is 36.1 Å². The zero-order valence-electron chi connectivity index (χ0n) is 12.8. The summed E-state index contributed by atoms with van der Waals surface area (Å²) in [4.78, 5) is 16.6. The maximum Gasteiger partial charge on any atom is 0.256 e. The highest BCUT2D eigenvalue weighted by atomic mass is 32.1. The molecule has 4 rings (SSSR count). The minimum atomic E-state index is -0.507. The number of thiophene rings is 1. The van der Waals surface area contributed by atoms with Crippen LogP contribution in [0.25, 0.3) is 10.9 Å². The van der Waals surface area contributed by atoms with E-state index in [-0.39, 0.29) is 17.0 Å². The van der Waals surface area contributed by atoms with Crippen molar-refractivity contribution in [2.24, 2.45) is 5.73 Å². The quantitative estimate of drug-likeness (QED) is 0.715. The van der Waals surface area contributed by atoms with Gasteiger partial charge in [-0.2, -0.15) is 5.26 Å². The van der Waals surface area contributed by atoms with Crippen LogP contribution in [0.4, 0.5) is 0 Å². The van der Waals surface area contributed by atoms with Crippen molar-refractivity contribution in [2.45, 2.75) is 12.8 Å². The van der Waals surface area contributed by atoms with E-state index in [1.54, 1.807) is 0 Å². The molecule has 1 aliphatic rings. The number of nitrogens with zero attached hydrogens (tertiary/aromatic N) is 1. The van der Waals surface area contributed by atoms with Crippen LogP contribution in [-0.4, -0.2) is 4.98 Å². The van der Waals surface area contributed by atoms with Crippen molar-refractivity contribution in [2.75, 3.05) is 0 Å². The van der Waals surface area contributed by atoms with Crippen LogP contribution in [0, 0.1) is 18.3 Å². The van der Waals surface area contributed by atoms with Gasteiger partial charge in [0.05, 0.1) is 17.0 Å². The number of ether oxygens (including phenoxy) is 1. The molecule has 0 saturated carbocycles. The van der Waals surface area contributed by atoms with Crippen molar-refractivity contribution in [3.8, 4) is 11.8 Å². The normalized spacial score (nSPS) is 16.6. The fourth-order valence-electron chi connectivity index (χ4n) is 3.11. The van der Waals surface area contributed by atoms with E-state index in [0.717, 1.165) is 15.8 Å². The third-order valence-corrected chi connectivity index (χ3v) is 5.33. The molecule has 0 spiro atoms. The summed E-state index contributed by atoms with van der Waals surface area (Å²) in [5.74, 6) is -0.0192. The van der Waals surface area contributed by atoms with Crippen LogP contribution in [-0.2, 0) is 0 Å². The van der Waals surface area contributed by atoms with Crippen LogP contribution < -0.4 is 16.0 Å². The van der Waals surface area contributed by atoms with Crippen LogP contribution in [0.15, 0.2) is 52.0 Å².